The van der Waals surface area contributed by atoms with Gasteiger partial charge in [0.25, 0.3) is 0 Å². The number of hydrogen-bond acceptors (Lipinski definition) is 3. The summed E-state index contributed by atoms with van der Waals surface area (Å²) in [6.45, 7) is 4.00. The van der Waals surface area contributed by atoms with Crippen molar-refractivity contribution in [1.82, 2.24) is 14.8 Å². The second-order valence-electron chi connectivity index (χ2n) is 5.68. The van der Waals surface area contributed by atoms with Crippen LogP contribution in [0.3, 0.4) is 0 Å². The number of benzene rings is 2. The van der Waals surface area contributed by atoms with Gasteiger partial charge in [-0.25, -0.2) is 0 Å². The van der Waals surface area contributed by atoms with Crippen LogP contribution >= 0.6 is 0 Å². The molecule has 0 aliphatic heterocycles. The normalized spacial score (nSPS) is 10.1. The number of nitrogens with zero attached hydrogens (tertiary/aromatic N) is 4. The van der Waals surface area contributed by atoms with E-state index >= 15 is 0 Å². The van der Waals surface area contributed by atoms with E-state index < -0.39 is 0 Å². The predicted molar refractivity (Wildman–Crippen MR) is 105 cm³/mol. The lowest BCUT2D eigenvalue weighted by atomic mass is 9.99. The van der Waals surface area contributed by atoms with Crippen LogP contribution in [-0.4, -0.2) is 14.8 Å². The van der Waals surface area contributed by atoms with Gasteiger partial charge in [0, 0.05) is 30.4 Å². The van der Waals surface area contributed by atoms with Gasteiger partial charge in [-0.05, 0) is 34.9 Å². The zero-order valence-corrected chi connectivity index (χ0v) is 15.1. The Morgan fingerprint density at radius 3 is 2.15 bits per heavy atom. The van der Waals surface area contributed by atoms with Gasteiger partial charge in [-0.1, -0.05) is 44.2 Å². The highest BCUT2D eigenvalue weighted by atomic mass is 15.2. The summed E-state index contributed by atoms with van der Waals surface area (Å²) in [7, 11) is 1.91. The number of fused-ring (bicyclic) bond motifs is 1. The van der Waals surface area contributed by atoms with Crippen LogP contribution in [0.4, 0.5) is 0 Å². The van der Waals surface area contributed by atoms with Gasteiger partial charge in [-0.2, -0.15) is 10.4 Å². The molecule has 26 heavy (non-hydrogen) atoms. The van der Waals surface area contributed by atoms with Crippen molar-refractivity contribution in [3.05, 3.63) is 72.7 Å². The Bertz CT molecular complexity index is 1070. The molecule has 0 atom stereocenters. The molecule has 0 saturated carbocycles. The molecule has 0 aliphatic rings. The van der Waals surface area contributed by atoms with E-state index in [9.17, 15) is 5.26 Å². The van der Waals surface area contributed by atoms with Gasteiger partial charge in [-0.3, -0.25) is 9.67 Å². The van der Waals surface area contributed by atoms with E-state index in [-0.39, 0.29) is 0 Å². The van der Waals surface area contributed by atoms with Crippen molar-refractivity contribution in [2.75, 3.05) is 0 Å². The van der Waals surface area contributed by atoms with Crippen LogP contribution in [0.5, 0.6) is 0 Å². The van der Waals surface area contributed by atoms with Crippen molar-refractivity contribution >= 4 is 10.9 Å². The molecule has 4 nitrogen and oxygen atoms in total. The molecule has 0 aliphatic carbocycles. The monoisotopic (exact) mass is 340 g/mol. The fourth-order valence-electron chi connectivity index (χ4n) is 2.85. The molecule has 0 amide bonds. The Kier molecular flexibility index (Phi) is 5.09. The van der Waals surface area contributed by atoms with E-state index in [1.165, 1.54) is 0 Å². The second-order valence-corrected chi connectivity index (χ2v) is 5.68. The molecule has 0 N–H and O–H groups in total. The molecule has 0 spiro atoms. The molecular formula is C22H20N4. The molecule has 4 heteroatoms. The van der Waals surface area contributed by atoms with Gasteiger partial charge in [-0.15, -0.1) is 0 Å². The van der Waals surface area contributed by atoms with Gasteiger partial charge in [0.15, 0.2) is 0 Å². The van der Waals surface area contributed by atoms with Gasteiger partial charge >= 0.3 is 0 Å². The topological polar surface area (TPSA) is 54.5 Å². The number of pyridine rings is 1. The first kappa shape index (κ1) is 17.4. The third kappa shape index (κ3) is 3.33. The maximum atomic E-state index is 9.28. The van der Waals surface area contributed by atoms with E-state index in [0.717, 1.165) is 33.2 Å². The fraction of sp³-hybridized carbons (Fsp3) is 0.136. The lowest BCUT2D eigenvalue weighted by molar-refractivity contribution is 0.768. The van der Waals surface area contributed by atoms with Gasteiger partial charge in [0.2, 0.25) is 0 Å². The Morgan fingerprint density at radius 1 is 0.885 bits per heavy atom. The average Bonchev–Trinajstić information content (AvgIpc) is 3.15. The highest BCUT2D eigenvalue weighted by Crippen LogP contribution is 2.27. The van der Waals surface area contributed by atoms with E-state index in [1.54, 1.807) is 16.9 Å². The zero-order chi connectivity index (χ0) is 18.5. The van der Waals surface area contributed by atoms with Crippen LogP contribution in [-0.2, 0) is 7.05 Å². The van der Waals surface area contributed by atoms with Crippen molar-refractivity contribution in [2.45, 2.75) is 13.8 Å². The molecule has 4 rings (SSSR count). The average molecular weight is 340 g/mol. The van der Waals surface area contributed by atoms with Crippen LogP contribution < -0.4 is 0 Å². The second kappa shape index (κ2) is 7.62. The van der Waals surface area contributed by atoms with Crippen molar-refractivity contribution in [2.24, 2.45) is 7.05 Å². The molecule has 4 aromatic rings. The maximum Gasteiger partial charge on any atom is 0.0999 e. The number of rotatable bonds is 2. The Balaban J connectivity index is 0.000000948. The summed E-state index contributed by atoms with van der Waals surface area (Å²) in [6.07, 6.45) is 5.52. The van der Waals surface area contributed by atoms with Gasteiger partial charge in [0.05, 0.1) is 23.3 Å². The SMILES string of the molecule is CC.Cn1cc(-c2ccc(-c3ccc4nccc(C#N)c4c3)cc2)cn1. The molecule has 0 radical (unpaired) electrons. The summed E-state index contributed by atoms with van der Waals surface area (Å²) >= 11 is 0. The smallest absolute Gasteiger partial charge is 0.0999 e. The van der Waals surface area contributed by atoms with E-state index in [1.807, 2.05) is 51.5 Å². The zero-order valence-electron chi connectivity index (χ0n) is 15.1. The van der Waals surface area contributed by atoms with Crippen molar-refractivity contribution in [3.63, 3.8) is 0 Å². The Hall–Kier alpha value is -3.45. The lowest BCUT2D eigenvalue weighted by Gasteiger charge is -2.06. The first-order valence-electron chi connectivity index (χ1n) is 8.63. The van der Waals surface area contributed by atoms with Crippen molar-refractivity contribution < 1.29 is 0 Å². The molecular weight excluding hydrogens is 320 g/mol. The third-order valence-corrected chi connectivity index (χ3v) is 4.12. The number of hydrogen-bond donors (Lipinski definition) is 0. The lowest BCUT2D eigenvalue weighted by Crippen LogP contribution is -1.86. The molecule has 0 saturated heterocycles. The summed E-state index contributed by atoms with van der Waals surface area (Å²) in [4.78, 5) is 4.32. The first-order valence-corrected chi connectivity index (χ1v) is 8.63. The van der Waals surface area contributed by atoms with Crippen LogP contribution in [0.25, 0.3) is 33.2 Å². The van der Waals surface area contributed by atoms with Crippen LogP contribution in [0, 0.1) is 11.3 Å². The van der Waals surface area contributed by atoms with Crippen molar-refractivity contribution in [1.29, 1.82) is 5.26 Å². The van der Waals surface area contributed by atoms with Gasteiger partial charge < -0.3 is 0 Å². The number of nitriles is 1. The molecule has 2 aromatic heterocycles. The van der Waals surface area contributed by atoms with Crippen molar-refractivity contribution in [3.8, 4) is 28.3 Å². The number of aromatic nitrogens is 3. The highest BCUT2D eigenvalue weighted by Gasteiger charge is 2.06. The van der Waals surface area contributed by atoms with Crippen LogP contribution in [0.1, 0.15) is 19.4 Å². The third-order valence-electron chi connectivity index (χ3n) is 4.12. The molecule has 2 aromatic carbocycles. The minimum atomic E-state index is 0.647. The van der Waals surface area contributed by atoms with Crippen LogP contribution in [0.2, 0.25) is 0 Å². The van der Waals surface area contributed by atoms with E-state index in [0.29, 0.717) is 5.56 Å². The molecule has 0 fully saturated rings. The summed E-state index contributed by atoms with van der Waals surface area (Å²) in [5.41, 5.74) is 5.89. The predicted octanol–water partition coefficient (Wildman–Crippen LogP) is 5.20. The summed E-state index contributed by atoms with van der Waals surface area (Å²) in [5, 5.41) is 14.4. The quantitative estimate of drug-likeness (QED) is 0.504. The summed E-state index contributed by atoms with van der Waals surface area (Å²) in [6, 6.07) is 18.4. The minimum absolute atomic E-state index is 0.647. The van der Waals surface area contributed by atoms with E-state index in [4.69, 9.17) is 0 Å². The first-order chi connectivity index (χ1) is 12.7. The molecule has 128 valence electrons. The Labute approximate surface area is 153 Å². The Morgan fingerprint density at radius 2 is 1.54 bits per heavy atom. The molecule has 2 heterocycles. The summed E-state index contributed by atoms with van der Waals surface area (Å²) in [5.74, 6) is 0. The van der Waals surface area contributed by atoms with E-state index in [2.05, 4.69) is 40.4 Å². The highest BCUT2D eigenvalue weighted by molar-refractivity contribution is 5.89. The number of aryl methyl sites for hydroxylation is 1. The van der Waals surface area contributed by atoms with Gasteiger partial charge in [0.1, 0.15) is 0 Å². The molecule has 0 bridgehead atoms. The molecule has 0 unspecified atom stereocenters. The van der Waals surface area contributed by atoms with Crippen LogP contribution in [0.15, 0.2) is 67.1 Å². The fourth-order valence-corrected chi connectivity index (χ4v) is 2.85. The minimum Gasteiger partial charge on any atom is -0.275 e. The maximum absolute atomic E-state index is 9.28. The largest absolute Gasteiger partial charge is 0.275 e. The summed E-state index contributed by atoms with van der Waals surface area (Å²) < 4.78 is 1.79. The standard InChI is InChI=1S/C20H14N4.C2H6/c1-24-13-18(12-23-24)15-4-2-14(3-5-15)16-6-7-20-19(10-16)17(11-21)8-9-22-20;1-2/h2-10,12-13H,1H3;1-2H3.